The molecule has 1 fully saturated rings. The molecule has 0 saturated carbocycles. The molecule has 1 rings (SSSR count). The summed E-state index contributed by atoms with van der Waals surface area (Å²) in [6.45, 7) is 2.79. The lowest BCUT2D eigenvalue weighted by Crippen LogP contribution is -2.41. The first-order valence-corrected chi connectivity index (χ1v) is 6.26. The van der Waals surface area contributed by atoms with Gasteiger partial charge in [-0.05, 0) is 26.2 Å². The van der Waals surface area contributed by atoms with Gasteiger partial charge < -0.3 is 9.64 Å². The molecular weight excluding hydrogens is 230 g/mol. The number of amides is 1. The third-order valence-corrected chi connectivity index (χ3v) is 2.92. The Kier molecular flexibility index (Phi) is 5.60. The molecule has 0 spiro atoms. The van der Waals surface area contributed by atoms with Crippen molar-refractivity contribution in [2.24, 2.45) is 0 Å². The number of ether oxygens (including phenoxy) is 1. The maximum atomic E-state index is 11.8. The van der Waals surface area contributed by atoms with Crippen molar-refractivity contribution in [2.45, 2.75) is 38.6 Å². The third kappa shape index (κ3) is 3.37. The zero-order chi connectivity index (χ0) is 12.0. The summed E-state index contributed by atoms with van der Waals surface area (Å²) in [6.07, 6.45) is 2.66. The van der Waals surface area contributed by atoms with E-state index in [0.717, 1.165) is 6.42 Å². The highest BCUT2D eigenvalue weighted by atomic mass is 35.5. The molecule has 1 unspecified atom stereocenters. The maximum Gasteiger partial charge on any atom is 0.328 e. The van der Waals surface area contributed by atoms with Crippen LogP contribution >= 0.6 is 11.6 Å². The number of carbonyl (C=O) groups excluding carboxylic acids is 2. The van der Waals surface area contributed by atoms with Gasteiger partial charge in [-0.25, -0.2) is 4.79 Å². The standard InChI is InChI=1S/C11H18ClNO3/c1-2-16-11(15)9-5-4-8-13(9)10(14)6-3-7-12/h9H,2-8H2,1H3. The van der Waals surface area contributed by atoms with Crippen molar-refractivity contribution in [3.8, 4) is 0 Å². The average Bonchev–Trinajstić information content (AvgIpc) is 2.75. The van der Waals surface area contributed by atoms with E-state index >= 15 is 0 Å². The average molecular weight is 248 g/mol. The number of hydrogen-bond acceptors (Lipinski definition) is 3. The molecule has 0 aromatic rings. The zero-order valence-corrected chi connectivity index (χ0v) is 10.3. The Morgan fingerprint density at radius 3 is 2.88 bits per heavy atom. The molecule has 1 aliphatic rings. The van der Waals surface area contributed by atoms with E-state index in [-0.39, 0.29) is 17.9 Å². The van der Waals surface area contributed by atoms with Gasteiger partial charge >= 0.3 is 5.97 Å². The fraction of sp³-hybridized carbons (Fsp3) is 0.818. The molecule has 1 heterocycles. The summed E-state index contributed by atoms with van der Waals surface area (Å²) in [7, 11) is 0. The number of esters is 1. The highest BCUT2D eigenvalue weighted by Gasteiger charge is 2.34. The van der Waals surface area contributed by atoms with E-state index in [1.165, 1.54) is 0 Å². The van der Waals surface area contributed by atoms with E-state index in [1.54, 1.807) is 11.8 Å². The van der Waals surface area contributed by atoms with Crippen molar-refractivity contribution in [3.63, 3.8) is 0 Å². The van der Waals surface area contributed by atoms with E-state index in [1.807, 2.05) is 0 Å². The van der Waals surface area contributed by atoms with Crippen LogP contribution in [-0.4, -0.2) is 41.8 Å². The Balaban J connectivity index is 2.51. The van der Waals surface area contributed by atoms with Crippen LogP contribution in [0.4, 0.5) is 0 Å². The van der Waals surface area contributed by atoms with Crippen LogP contribution in [0.3, 0.4) is 0 Å². The number of alkyl halides is 1. The molecule has 1 aliphatic heterocycles. The van der Waals surface area contributed by atoms with Crippen LogP contribution in [0.2, 0.25) is 0 Å². The van der Waals surface area contributed by atoms with Crippen LogP contribution in [0.1, 0.15) is 32.6 Å². The lowest BCUT2D eigenvalue weighted by molar-refractivity contribution is -0.153. The highest BCUT2D eigenvalue weighted by molar-refractivity contribution is 6.17. The minimum atomic E-state index is -0.372. The lowest BCUT2D eigenvalue weighted by atomic mass is 10.2. The smallest absolute Gasteiger partial charge is 0.328 e. The second-order valence-corrected chi connectivity index (χ2v) is 4.17. The van der Waals surface area contributed by atoms with Crippen molar-refractivity contribution >= 4 is 23.5 Å². The molecule has 4 nitrogen and oxygen atoms in total. The van der Waals surface area contributed by atoms with Crippen LogP contribution < -0.4 is 0 Å². The predicted molar refractivity (Wildman–Crippen MR) is 61.3 cm³/mol. The summed E-state index contributed by atoms with van der Waals surface area (Å²) in [5, 5.41) is 0. The minimum Gasteiger partial charge on any atom is -0.464 e. The minimum absolute atomic E-state index is 0.0104. The Hall–Kier alpha value is -0.770. The van der Waals surface area contributed by atoms with Gasteiger partial charge in [-0.1, -0.05) is 0 Å². The molecule has 92 valence electrons. The highest BCUT2D eigenvalue weighted by Crippen LogP contribution is 2.20. The molecule has 0 aliphatic carbocycles. The van der Waals surface area contributed by atoms with Gasteiger partial charge in [0, 0.05) is 18.8 Å². The summed E-state index contributed by atoms with van der Waals surface area (Å²) in [4.78, 5) is 25.0. The third-order valence-electron chi connectivity index (χ3n) is 2.66. The van der Waals surface area contributed by atoms with Crippen molar-refractivity contribution in [1.29, 1.82) is 0 Å². The second kappa shape index (κ2) is 6.74. The van der Waals surface area contributed by atoms with Crippen LogP contribution in [0.15, 0.2) is 0 Å². The number of nitrogens with zero attached hydrogens (tertiary/aromatic N) is 1. The Morgan fingerprint density at radius 1 is 1.50 bits per heavy atom. The van der Waals surface area contributed by atoms with Crippen molar-refractivity contribution in [1.82, 2.24) is 4.90 Å². The number of carbonyl (C=O) groups is 2. The monoisotopic (exact) mass is 247 g/mol. The molecule has 0 N–H and O–H groups in total. The number of likely N-dealkylation sites (tertiary alicyclic amines) is 1. The van der Waals surface area contributed by atoms with Gasteiger partial charge in [-0.2, -0.15) is 0 Å². The van der Waals surface area contributed by atoms with Gasteiger partial charge in [0.05, 0.1) is 6.61 Å². The predicted octanol–water partition coefficient (Wildman–Crippen LogP) is 1.56. The van der Waals surface area contributed by atoms with Crippen molar-refractivity contribution < 1.29 is 14.3 Å². The summed E-state index contributed by atoms with van der Waals surface area (Å²) in [5.74, 6) is 0.208. The summed E-state index contributed by atoms with van der Waals surface area (Å²) in [5.41, 5.74) is 0. The van der Waals surface area contributed by atoms with Crippen LogP contribution in [0.5, 0.6) is 0 Å². The molecule has 0 radical (unpaired) electrons. The quantitative estimate of drug-likeness (QED) is 0.547. The number of rotatable bonds is 5. The topological polar surface area (TPSA) is 46.6 Å². The van der Waals surface area contributed by atoms with Gasteiger partial charge in [-0.3, -0.25) is 4.79 Å². The first kappa shape index (κ1) is 13.3. The molecule has 0 bridgehead atoms. The van der Waals surface area contributed by atoms with E-state index in [9.17, 15) is 9.59 Å². The second-order valence-electron chi connectivity index (χ2n) is 3.79. The van der Waals surface area contributed by atoms with Gasteiger partial charge in [0.1, 0.15) is 6.04 Å². The van der Waals surface area contributed by atoms with Crippen molar-refractivity contribution in [2.75, 3.05) is 19.0 Å². The Morgan fingerprint density at radius 2 is 2.25 bits per heavy atom. The lowest BCUT2D eigenvalue weighted by Gasteiger charge is -2.22. The molecule has 0 aromatic heterocycles. The molecular formula is C11H18ClNO3. The van der Waals surface area contributed by atoms with Crippen LogP contribution in [0, 0.1) is 0 Å². The fourth-order valence-corrected chi connectivity index (χ4v) is 2.04. The molecule has 1 atom stereocenters. The first-order chi connectivity index (χ1) is 7.70. The fourth-order valence-electron chi connectivity index (χ4n) is 1.91. The van der Waals surface area contributed by atoms with Gasteiger partial charge in [0.2, 0.25) is 5.91 Å². The van der Waals surface area contributed by atoms with E-state index in [0.29, 0.717) is 38.3 Å². The Bertz CT molecular complexity index is 258. The summed E-state index contributed by atoms with van der Waals surface area (Å²) >= 11 is 5.54. The van der Waals surface area contributed by atoms with E-state index < -0.39 is 0 Å². The first-order valence-electron chi connectivity index (χ1n) is 5.72. The molecule has 5 heteroatoms. The molecule has 1 saturated heterocycles. The van der Waals surface area contributed by atoms with Gasteiger partial charge in [-0.15, -0.1) is 11.6 Å². The molecule has 1 amide bonds. The Labute approximate surface area is 101 Å². The zero-order valence-electron chi connectivity index (χ0n) is 9.58. The largest absolute Gasteiger partial charge is 0.464 e. The number of halogens is 1. The van der Waals surface area contributed by atoms with E-state index in [2.05, 4.69) is 0 Å². The normalized spacial score (nSPS) is 19.9. The van der Waals surface area contributed by atoms with Crippen LogP contribution in [0.25, 0.3) is 0 Å². The molecule has 16 heavy (non-hydrogen) atoms. The van der Waals surface area contributed by atoms with Gasteiger partial charge in [0.15, 0.2) is 0 Å². The maximum absolute atomic E-state index is 11.8. The molecule has 0 aromatic carbocycles. The van der Waals surface area contributed by atoms with Gasteiger partial charge in [0.25, 0.3) is 0 Å². The number of hydrogen-bond donors (Lipinski definition) is 0. The summed E-state index contributed by atoms with van der Waals surface area (Å²) < 4.78 is 4.95. The van der Waals surface area contributed by atoms with Crippen LogP contribution in [-0.2, 0) is 14.3 Å². The van der Waals surface area contributed by atoms with E-state index in [4.69, 9.17) is 16.3 Å². The van der Waals surface area contributed by atoms with Crippen molar-refractivity contribution in [3.05, 3.63) is 0 Å². The summed E-state index contributed by atoms with van der Waals surface area (Å²) in [6, 6.07) is -0.372. The SMILES string of the molecule is CCOC(=O)C1CCCN1C(=O)CCCCl.